The van der Waals surface area contributed by atoms with Gasteiger partial charge in [-0.05, 0) is 31.4 Å². The minimum absolute atomic E-state index is 0.0546. The molecule has 1 heterocycles. The molecule has 1 aromatic heterocycles. The SMILES string of the molecule is CC(C)OCc1cc(=O)[nH]c(SCC(=O)Nc2ccccc2C(C)C)n1. The third kappa shape index (κ3) is 6.31. The molecule has 6 nitrogen and oxygen atoms in total. The first-order valence-corrected chi connectivity index (χ1v) is 9.57. The van der Waals surface area contributed by atoms with Crippen LogP contribution < -0.4 is 10.9 Å². The quantitative estimate of drug-likeness (QED) is 0.544. The number of aromatic nitrogens is 2. The Morgan fingerprint density at radius 3 is 2.69 bits per heavy atom. The predicted octanol–water partition coefficient (Wildman–Crippen LogP) is 3.55. The molecule has 7 heteroatoms. The number of aromatic amines is 1. The number of hydrogen-bond acceptors (Lipinski definition) is 5. The van der Waals surface area contributed by atoms with E-state index in [1.807, 2.05) is 38.1 Å². The van der Waals surface area contributed by atoms with Gasteiger partial charge in [-0.1, -0.05) is 43.8 Å². The van der Waals surface area contributed by atoms with E-state index < -0.39 is 0 Å². The van der Waals surface area contributed by atoms with Crippen LogP contribution in [-0.2, 0) is 16.1 Å². The van der Waals surface area contributed by atoms with Crippen molar-refractivity contribution < 1.29 is 9.53 Å². The topological polar surface area (TPSA) is 84.1 Å². The van der Waals surface area contributed by atoms with Crippen molar-refractivity contribution in [2.24, 2.45) is 0 Å². The second-order valence-corrected chi connectivity index (χ2v) is 7.44. The van der Waals surface area contributed by atoms with E-state index >= 15 is 0 Å². The van der Waals surface area contributed by atoms with Gasteiger partial charge in [-0.25, -0.2) is 4.98 Å². The number of thioether (sulfide) groups is 1. The summed E-state index contributed by atoms with van der Waals surface area (Å²) in [5, 5.41) is 3.34. The largest absolute Gasteiger partial charge is 0.373 e. The smallest absolute Gasteiger partial charge is 0.251 e. The number of nitrogens with one attached hydrogen (secondary N) is 2. The van der Waals surface area contributed by atoms with Gasteiger partial charge in [0.05, 0.1) is 24.2 Å². The van der Waals surface area contributed by atoms with Crippen molar-refractivity contribution in [2.45, 2.75) is 51.5 Å². The summed E-state index contributed by atoms with van der Waals surface area (Å²) in [6.45, 7) is 8.27. The van der Waals surface area contributed by atoms with Crippen LogP contribution in [0.15, 0.2) is 40.3 Å². The second kappa shape index (κ2) is 9.54. The molecule has 0 aliphatic carbocycles. The molecule has 2 N–H and O–H groups in total. The van der Waals surface area contributed by atoms with Crippen molar-refractivity contribution in [3.05, 3.63) is 51.9 Å². The molecule has 1 amide bonds. The minimum Gasteiger partial charge on any atom is -0.373 e. The Balaban J connectivity index is 1.98. The summed E-state index contributed by atoms with van der Waals surface area (Å²) in [7, 11) is 0. The molecule has 140 valence electrons. The van der Waals surface area contributed by atoms with E-state index in [-0.39, 0.29) is 29.9 Å². The van der Waals surface area contributed by atoms with E-state index in [1.54, 1.807) is 0 Å². The van der Waals surface area contributed by atoms with Gasteiger partial charge in [-0.3, -0.25) is 9.59 Å². The van der Waals surface area contributed by atoms with E-state index in [9.17, 15) is 9.59 Å². The van der Waals surface area contributed by atoms with Crippen LogP contribution in [0.25, 0.3) is 0 Å². The summed E-state index contributed by atoms with van der Waals surface area (Å²) in [4.78, 5) is 31.0. The van der Waals surface area contributed by atoms with Crippen LogP contribution in [0.5, 0.6) is 0 Å². The van der Waals surface area contributed by atoms with Crippen LogP contribution in [0, 0.1) is 0 Å². The molecule has 0 spiro atoms. The Labute approximate surface area is 157 Å². The number of rotatable bonds is 8. The maximum absolute atomic E-state index is 12.3. The molecule has 0 bridgehead atoms. The average molecular weight is 375 g/mol. The molecule has 0 saturated heterocycles. The Kier molecular flexibility index (Phi) is 7.41. The van der Waals surface area contributed by atoms with Crippen molar-refractivity contribution in [1.29, 1.82) is 0 Å². The van der Waals surface area contributed by atoms with Crippen molar-refractivity contribution >= 4 is 23.4 Å². The minimum atomic E-state index is -0.254. The maximum atomic E-state index is 12.3. The molecule has 0 aliphatic rings. The molecular weight excluding hydrogens is 350 g/mol. The summed E-state index contributed by atoms with van der Waals surface area (Å²) >= 11 is 1.19. The van der Waals surface area contributed by atoms with E-state index in [1.165, 1.54) is 17.8 Å². The van der Waals surface area contributed by atoms with Gasteiger partial charge in [0, 0.05) is 11.8 Å². The molecule has 0 radical (unpaired) electrons. The zero-order valence-corrected chi connectivity index (χ0v) is 16.4. The van der Waals surface area contributed by atoms with Gasteiger partial charge in [0.25, 0.3) is 5.56 Å². The molecule has 1 aromatic carbocycles. The monoisotopic (exact) mass is 375 g/mol. The van der Waals surface area contributed by atoms with Gasteiger partial charge in [-0.2, -0.15) is 0 Å². The highest BCUT2D eigenvalue weighted by Crippen LogP contribution is 2.24. The first-order chi connectivity index (χ1) is 12.3. The third-order valence-electron chi connectivity index (χ3n) is 3.53. The lowest BCUT2D eigenvalue weighted by atomic mass is 10.0. The average Bonchev–Trinajstić information content (AvgIpc) is 2.58. The number of amides is 1. The number of hydrogen-bond donors (Lipinski definition) is 2. The first-order valence-electron chi connectivity index (χ1n) is 8.58. The predicted molar refractivity (Wildman–Crippen MR) is 105 cm³/mol. The lowest BCUT2D eigenvalue weighted by Gasteiger charge is -2.13. The number of ether oxygens (including phenoxy) is 1. The molecule has 0 unspecified atom stereocenters. The maximum Gasteiger partial charge on any atom is 0.251 e. The van der Waals surface area contributed by atoms with Crippen LogP contribution in [0.1, 0.15) is 44.9 Å². The van der Waals surface area contributed by atoms with Crippen molar-refractivity contribution in [2.75, 3.05) is 11.1 Å². The Hall–Kier alpha value is -2.12. The fourth-order valence-corrected chi connectivity index (χ4v) is 3.01. The fourth-order valence-electron chi connectivity index (χ4n) is 2.31. The lowest BCUT2D eigenvalue weighted by Crippen LogP contribution is -2.17. The Morgan fingerprint density at radius 2 is 2.00 bits per heavy atom. The van der Waals surface area contributed by atoms with Gasteiger partial charge >= 0.3 is 0 Å². The number of para-hydroxylation sites is 1. The van der Waals surface area contributed by atoms with Gasteiger partial charge in [0.2, 0.25) is 5.91 Å². The highest BCUT2D eigenvalue weighted by molar-refractivity contribution is 7.99. The molecule has 2 aromatic rings. The zero-order chi connectivity index (χ0) is 19.1. The van der Waals surface area contributed by atoms with Crippen LogP contribution in [-0.4, -0.2) is 27.7 Å². The van der Waals surface area contributed by atoms with Crippen LogP contribution in [0.4, 0.5) is 5.69 Å². The molecule has 0 fully saturated rings. The molecule has 26 heavy (non-hydrogen) atoms. The number of nitrogens with zero attached hydrogens (tertiary/aromatic N) is 1. The van der Waals surface area contributed by atoms with E-state index in [0.29, 0.717) is 16.8 Å². The van der Waals surface area contributed by atoms with Gasteiger partial charge in [-0.15, -0.1) is 0 Å². The van der Waals surface area contributed by atoms with Crippen LogP contribution in [0.3, 0.4) is 0 Å². The van der Waals surface area contributed by atoms with Gasteiger partial charge in [0.15, 0.2) is 5.16 Å². The van der Waals surface area contributed by atoms with E-state index in [2.05, 4.69) is 29.1 Å². The standard InChI is InChI=1S/C19H25N3O3S/c1-12(2)15-7-5-6-8-16(15)21-18(24)11-26-19-20-14(9-17(23)22-19)10-25-13(3)4/h5-9,12-13H,10-11H2,1-4H3,(H,21,24)(H,20,22,23). The number of carbonyl (C=O) groups is 1. The fraction of sp³-hybridized carbons (Fsp3) is 0.421. The summed E-state index contributed by atoms with van der Waals surface area (Å²) in [6.07, 6.45) is 0.0546. The summed E-state index contributed by atoms with van der Waals surface area (Å²) < 4.78 is 5.47. The van der Waals surface area contributed by atoms with Gasteiger partial charge in [0.1, 0.15) is 0 Å². The molecule has 0 saturated carbocycles. The lowest BCUT2D eigenvalue weighted by molar-refractivity contribution is -0.113. The Morgan fingerprint density at radius 1 is 1.27 bits per heavy atom. The molecule has 2 rings (SSSR count). The normalized spacial score (nSPS) is 11.2. The van der Waals surface area contributed by atoms with E-state index in [0.717, 1.165) is 11.3 Å². The number of benzene rings is 1. The Bertz CT molecular complexity index is 803. The van der Waals surface area contributed by atoms with Crippen molar-refractivity contribution in [3.8, 4) is 0 Å². The molecular formula is C19H25N3O3S. The second-order valence-electron chi connectivity index (χ2n) is 6.48. The molecule has 0 aliphatic heterocycles. The number of anilines is 1. The van der Waals surface area contributed by atoms with E-state index in [4.69, 9.17) is 4.74 Å². The number of H-pyrrole nitrogens is 1. The highest BCUT2D eigenvalue weighted by Gasteiger charge is 2.11. The zero-order valence-electron chi connectivity index (χ0n) is 15.5. The van der Waals surface area contributed by atoms with Crippen LogP contribution >= 0.6 is 11.8 Å². The van der Waals surface area contributed by atoms with Crippen LogP contribution in [0.2, 0.25) is 0 Å². The van der Waals surface area contributed by atoms with Crippen molar-refractivity contribution in [3.63, 3.8) is 0 Å². The summed E-state index contributed by atoms with van der Waals surface area (Å²) in [5.74, 6) is 0.327. The first kappa shape index (κ1) is 20.2. The third-order valence-corrected chi connectivity index (χ3v) is 4.41. The summed E-state index contributed by atoms with van der Waals surface area (Å²) in [5.41, 5.74) is 2.20. The number of carbonyl (C=O) groups excluding carboxylic acids is 1. The van der Waals surface area contributed by atoms with Crippen molar-refractivity contribution in [1.82, 2.24) is 9.97 Å². The summed E-state index contributed by atoms with van der Waals surface area (Å²) in [6, 6.07) is 9.16. The molecule has 0 atom stereocenters. The van der Waals surface area contributed by atoms with Gasteiger partial charge < -0.3 is 15.0 Å². The highest BCUT2D eigenvalue weighted by atomic mass is 32.2.